The Bertz CT molecular complexity index is 799. The van der Waals surface area contributed by atoms with Crippen LogP contribution in [0.5, 0.6) is 5.75 Å². The number of carbonyl (C=O) groups excluding carboxylic acids is 2. The maximum atomic E-state index is 12.4. The average Bonchev–Trinajstić information content (AvgIpc) is 2.60. The molecule has 2 amide bonds. The number of nitrogens with one attached hydrogen (secondary N) is 1. The van der Waals surface area contributed by atoms with E-state index >= 15 is 0 Å². The molecular weight excluding hydrogens is 387 g/mol. The van der Waals surface area contributed by atoms with Crippen LogP contribution in [-0.4, -0.2) is 36.4 Å². The third-order valence-corrected chi connectivity index (χ3v) is 4.48. The van der Waals surface area contributed by atoms with Gasteiger partial charge in [-0.3, -0.25) is 9.59 Å². The second-order valence-corrected chi connectivity index (χ2v) is 6.98. The summed E-state index contributed by atoms with van der Waals surface area (Å²) in [6.45, 7) is 5.83. The fraction of sp³-hybridized carbons (Fsp3) is 0.300. The zero-order valence-corrected chi connectivity index (χ0v) is 17.0. The summed E-state index contributed by atoms with van der Waals surface area (Å²) in [7, 11) is 0. The average molecular weight is 409 g/mol. The molecule has 0 spiro atoms. The molecule has 2 rings (SSSR count). The number of ether oxygens (including phenoxy) is 1. The molecule has 2 aromatic rings. The fourth-order valence-corrected chi connectivity index (χ4v) is 3.09. The van der Waals surface area contributed by atoms with Crippen molar-refractivity contribution in [3.63, 3.8) is 0 Å². The van der Waals surface area contributed by atoms with Gasteiger partial charge in [0.25, 0.3) is 5.91 Å². The van der Waals surface area contributed by atoms with Crippen LogP contribution in [0, 0.1) is 13.8 Å². The summed E-state index contributed by atoms with van der Waals surface area (Å²) < 4.78 is 5.59. The van der Waals surface area contributed by atoms with Gasteiger partial charge in [0.15, 0.2) is 6.61 Å². The highest BCUT2D eigenvalue weighted by molar-refractivity contribution is 6.39. The van der Waals surface area contributed by atoms with Gasteiger partial charge in [0.1, 0.15) is 5.75 Å². The lowest BCUT2D eigenvalue weighted by atomic mass is 10.1. The topological polar surface area (TPSA) is 58.6 Å². The van der Waals surface area contributed by atoms with Gasteiger partial charge in [-0.05, 0) is 56.2 Å². The zero-order chi connectivity index (χ0) is 20.0. The lowest BCUT2D eigenvalue weighted by Gasteiger charge is -2.21. The number of nitrogens with zero attached hydrogens (tertiary/aromatic N) is 1. The van der Waals surface area contributed by atoms with E-state index in [4.69, 9.17) is 27.9 Å². The molecule has 0 aliphatic rings. The third kappa shape index (κ3) is 6.15. The molecule has 0 bridgehead atoms. The number of benzene rings is 2. The first-order valence-electron chi connectivity index (χ1n) is 8.53. The van der Waals surface area contributed by atoms with Crippen LogP contribution in [0.1, 0.15) is 18.1 Å². The van der Waals surface area contributed by atoms with Crippen LogP contribution in [0.15, 0.2) is 36.4 Å². The molecule has 0 saturated carbocycles. The second kappa shape index (κ2) is 9.62. The number of rotatable bonds is 7. The maximum Gasteiger partial charge on any atom is 0.260 e. The normalized spacial score (nSPS) is 10.4. The van der Waals surface area contributed by atoms with Crippen molar-refractivity contribution in [2.45, 2.75) is 20.8 Å². The molecule has 0 heterocycles. The summed E-state index contributed by atoms with van der Waals surface area (Å²) >= 11 is 12.1. The highest BCUT2D eigenvalue weighted by Gasteiger charge is 2.18. The van der Waals surface area contributed by atoms with Crippen molar-refractivity contribution in [2.75, 3.05) is 25.0 Å². The summed E-state index contributed by atoms with van der Waals surface area (Å²) in [4.78, 5) is 26.1. The minimum absolute atomic E-state index is 0.118. The van der Waals surface area contributed by atoms with E-state index in [0.29, 0.717) is 28.0 Å². The van der Waals surface area contributed by atoms with Crippen molar-refractivity contribution in [1.29, 1.82) is 0 Å². The van der Waals surface area contributed by atoms with Gasteiger partial charge in [0.05, 0.1) is 22.3 Å². The molecule has 2 aromatic carbocycles. The molecule has 27 heavy (non-hydrogen) atoms. The fourth-order valence-electron chi connectivity index (χ4n) is 2.60. The largest absolute Gasteiger partial charge is 0.484 e. The molecular formula is C20H22Cl2N2O3. The Morgan fingerprint density at radius 3 is 2.22 bits per heavy atom. The molecule has 1 N–H and O–H groups in total. The summed E-state index contributed by atoms with van der Waals surface area (Å²) in [5, 5.41) is 3.32. The number of likely N-dealkylation sites (N-methyl/N-ethyl adjacent to an activating group) is 1. The molecule has 144 valence electrons. The summed E-state index contributed by atoms with van der Waals surface area (Å²) in [5.74, 6) is -0.0344. The number of hydrogen-bond acceptors (Lipinski definition) is 3. The quantitative estimate of drug-likeness (QED) is 0.734. The smallest absolute Gasteiger partial charge is 0.260 e. The molecule has 0 atom stereocenters. The lowest BCUT2D eigenvalue weighted by molar-refractivity contribution is -0.136. The van der Waals surface area contributed by atoms with Crippen molar-refractivity contribution in [2.24, 2.45) is 0 Å². The summed E-state index contributed by atoms with van der Waals surface area (Å²) in [6, 6.07) is 10.7. The Balaban J connectivity index is 1.95. The Morgan fingerprint density at radius 1 is 1.07 bits per heavy atom. The van der Waals surface area contributed by atoms with Crippen molar-refractivity contribution in [1.82, 2.24) is 4.90 Å². The van der Waals surface area contributed by atoms with Crippen LogP contribution >= 0.6 is 23.2 Å². The SMILES string of the molecule is CCN(CC(=O)Nc1c(Cl)cccc1Cl)C(=O)COc1cc(C)cc(C)c1. The standard InChI is InChI=1S/C20H22Cl2N2O3/c1-4-24(11-18(25)23-20-16(21)6-5-7-17(20)22)19(26)12-27-15-9-13(2)8-14(3)10-15/h5-10H,4,11-12H2,1-3H3,(H,23,25). The molecule has 7 heteroatoms. The predicted octanol–water partition coefficient (Wildman–Crippen LogP) is 4.48. The van der Waals surface area contributed by atoms with Crippen molar-refractivity contribution in [3.8, 4) is 5.75 Å². The van der Waals surface area contributed by atoms with Crippen LogP contribution in [0.2, 0.25) is 10.0 Å². The molecule has 5 nitrogen and oxygen atoms in total. The molecule has 0 unspecified atom stereocenters. The predicted molar refractivity (Wildman–Crippen MR) is 109 cm³/mol. The first-order valence-corrected chi connectivity index (χ1v) is 9.28. The van der Waals surface area contributed by atoms with Crippen LogP contribution in [0.4, 0.5) is 5.69 Å². The number of carbonyl (C=O) groups is 2. The molecule has 0 aliphatic carbocycles. The number of hydrogen-bond donors (Lipinski definition) is 1. The van der Waals surface area contributed by atoms with E-state index in [0.717, 1.165) is 11.1 Å². The van der Waals surface area contributed by atoms with Crippen LogP contribution in [0.25, 0.3) is 0 Å². The van der Waals surface area contributed by atoms with E-state index in [2.05, 4.69) is 5.32 Å². The zero-order valence-electron chi connectivity index (χ0n) is 15.5. The van der Waals surface area contributed by atoms with Gasteiger partial charge in [-0.2, -0.15) is 0 Å². The van der Waals surface area contributed by atoms with Gasteiger partial charge in [-0.15, -0.1) is 0 Å². The highest BCUT2D eigenvalue weighted by atomic mass is 35.5. The summed E-state index contributed by atoms with van der Waals surface area (Å²) in [6.07, 6.45) is 0. The molecule has 0 aliphatic heterocycles. The molecule has 0 saturated heterocycles. The first kappa shape index (κ1) is 21.1. The van der Waals surface area contributed by atoms with Gasteiger partial charge >= 0.3 is 0 Å². The number of halogens is 2. The Hall–Kier alpha value is -2.24. The van der Waals surface area contributed by atoms with E-state index in [9.17, 15) is 9.59 Å². The van der Waals surface area contributed by atoms with Crippen molar-refractivity contribution in [3.05, 3.63) is 57.6 Å². The Morgan fingerprint density at radius 2 is 1.67 bits per heavy atom. The van der Waals surface area contributed by atoms with Gasteiger partial charge in [-0.1, -0.05) is 35.3 Å². The Kier molecular flexibility index (Phi) is 7.51. The molecule has 0 radical (unpaired) electrons. The second-order valence-electron chi connectivity index (χ2n) is 6.16. The molecule has 0 aromatic heterocycles. The molecule has 0 fully saturated rings. The third-order valence-electron chi connectivity index (χ3n) is 3.85. The van der Waals surface area contributed by atoms with Crippen molar-refractivity contribution < 1.29 is 14.3 Å². The van der Waals surface area contributed by atoms with Gasteiger partial charge in [-0.25, -0.2) is 0 Å². The van der Waals surface area contributed by atoms with Gasteiger partial charge in [0.2, 0.25) is 5.91 Å². The number of para-hydroxylation sites is 1. The minimum atomic E-state index is -0.383. The van der Waals surface area contributed by atoms with Crippen LogP contribution < -0.4 is 10.1 Å². The van der Waals surface area contributed by atoms with Crippen molar-refractivity contribution >= 4 is 40.7 Å². The number of anilines is 1. The Labute approximate surface area is 169 Å². The highest BCUT2D eigenvalue weighted by Crippen LogP contribution is 2.29. The monoisotopic (exact) mass is 408 g/mol. The van der Waals surface area contributed by atoms with Crippen LogP contribution in [0.3, 0.4) is 0 Å². The minimum Gasteiger partial charge on any atom is -0.484 e. The van der Waals surface area contributed by atoms with Gasteiger partial charge < -0.3 is 15.0 Å². The number of aryl methyl sites for hydroxylation is 2. The van der Waals surface area contributed by atoms with E-state index < -0.39 is 0 Å². The van der Waals surface area contributed by atoms with E-state index in [1.54, 1.807) is 25.1 Å². The van der Waals surface area contributed by atoms with E-state index in [1.807, 2.05) is 32.0 Å². The maximum absolute atomic E-state index is 12.4. The lowest BCUT2D eigenvalue weighted by Crippen LogP contribution is -2.40. The number of amides is 2. The summed E-state index contributed by atoms with van der Waals surface area (Å²) in [5.41, 5.74) is 2.45. The van der Waals surface area contributed by atoms with E-state index in [-0.39, 0.29) is 25.0 Å². The van der Waals surface area contributed by atoms with Crippen LogP contribution in [-0.2, 0) is 9.59 Å². The van der Waals surface area contributed by atoms with E-state index in [1.165, 1.54) is 4.90 Å². The first-order chi connectivity index (χ1) is 12.8. The van der Waals surface area contributed by atoms with Gasteiger partial charge in [0, 0.05) is 6.54 Å².